The molecule has 0 radical (unpaired) electrons. The monoisotopic (exact) mass is 1240 g/mol. The summed E-state index contributed by atoms with van der Waals surface area (Å²) >= 11 is 4.85. The molecule has 14 nitrogen and oxygen atoms in total. The Morgan fingerprint density at radius 2 is 1.09 bits per heavy atom. The minimum atomic E-state index is -0.961. The molecule has 2 aliphatic heterocycles. The van der Waals surface area contributed by atoms with Crippen LogP contribution in [0.15, 0.2) is 97.1 Å². The van der Waals surface area contributed by atoms with Gasteiger partial charge >= 0.3 is 42.6 Å². The number of hydrogen-bond acceptors (Lipinski definition) is 13. The number of benzene rings is 4. The van der Waals surface area contributed by atoms with E-state index in [2.05, 4.69) is 26.0 Å². The van der Waals surface area contributed by atoms with Crippen LogP contribution in [0.1, 0.15) is 176 Å². The second kappa shape index (κ2) is 39.1. The quantitative estimate of drug-likeness (QED) is 0.0181. The number of rotatable bonds is 28. The summed E-state index contributed by atoms with van der Waals surface area (Å²) in [7, 11) is -0.0679. The van der Waals surface area contributed by atoms with Gasteiger partial charge in [0.05, 0.1) is 31.0 Å². The van der Waals surface area contributed by atoms with Gasteiger partial charge in [0, 0.05) is 13.2 Å². The van der Waals surface area contributed by atoms with Crippen molar-refractivity contribution in [2.75, 3.05) is 26.4 Å². The van der Waals surface area contributed by atoms with Crippen molar-refractivity contribution in [1.29, 1.82) is 0 Å². The number of halogens is 1. The molecule has 4 fully saturated rings. The van der Waals surface area contributed by atoms with Gasteiger partial charge in [0.1, 0.15) is 18.1 Å². The van der Waals surface area contributed by atoms with Crippen molar-refractivity contribution < 1.29 is 67.9 Å². The molecule has 87 heavy (non-hydrogen) atoms. The fourth-order valence-corrected chi connectivity index (χ4v) is 14.1. The minimum Gasteiger partial charge on any atom is -0.392 e. The first-order chi connectivity index (χ1) is 42.5. The molecule has 0 bridgehead atoms. The molecule has 6 aliphatic rings. The van der Waals surface area contributed by atoms with E-state index in [1.54, 1.807) is 0 Å². The largest absolute Gasteiger partial charge is 0.392 e. The summed E-state index contributed by atoms with van der Waals surface area (Å²) in [5.74, 6) is 2.47. The van der Waals surface area contributed by atoms with Crippen LogP contribution >= 0.6 is 19.1 Å². The number of aliphatic carboxylic acids is 1. The molecule has 13 atom stereocenters. The van der Waals surface area contributed by atoms with Crippen LogP contribution in [0.5, 0.6) is 11.5 Å². The third-order valence-electron chi connectivity index (χ3n) is 18.6. The number of hydrogen-bond donors (Lipinski definition) is 4. The van der Waals surface area contributed by atoms with Crippen molar-refractivity contribution in [2.24, 2.45) is 35.5 Å². The maximum atomic E-state index is 12.4. The van der Waals surface area contributed by atoms with Crippen molar-refractivity contribution in [3.63, 3.8) is 0 Å². The Labute approximate surface area is 525 Å². The Balaban J connectivity index is 0.000000211. The number of fused-ring (bicyclic) bond motifs is 4. The van der Waals surface area contributed by atoms with Gasteiger partial charge in [-0.25, -0.2) is 9.59 Å². The molecule has 10 rings (SSSR count). The normalized spacial score (nSPS) is 25.0. The van der Waals surface area contributed by atoms with Crippen LogP contribution in [0.25, 0.3) is 0 Å². The molecular formula is C70H99BClO14P. The summed E-state index contributed by atoms with van der Waals surface area (Å²) in [6.45, 7) is 6.71. The first kappa shape index (κ1) is 70.2. The Hall–Kier alpha value is -4.28. The van der Waals surface area contributed by atoms with Crippen molar-refractivity contribution in [3.05, 3.63) is 130 Å². The maximum absolute atomic E-state index is 12.4. The number of ether oxygens (including phenoxy) is 7. The fraction of sp³-hybridized carbons (Fsp3) is 0.629. The van der Waals surface area contributed by atoms with E-state index in [9.17, 15) is 19.8 Å². The second-order valence-corrected chi connectivity index (χ2v) is 25.7. The molecule has 0 aromatic heterocycles. The predicted octanol–water partition coefficient (Wildman–Crippen LogP) is 13.9. The first-order valence-electron chi connectivity index (χ1n) is 32.7. The molecule has 4 aromatic carbocycles. The summed E-state index contributed by atoms with van der Waals surface area (Å²) in [6.07, 6.45) is 24.9. The van der Waals surface area contributed by atoms with E-state index in [0.29, 0.717) is 36.3 Å². The van der Waals surface area contributed by atoms with Crippen molar-refractivity contribution in [1.82, 2.24) is 0 Å². The zero-order chi connectivity index (χ0) is 61.6. The van der Waals surface area contributed by atoms with Crippen LogP contribution < -0.4 is 9.47 Å². The fourth-order valence-electron chi connectivity index (χ4n) is 14.1. The summed E-state index contributed by atoms with van der Waals surface area (Å²) in [6, 6.07) is 31.3. The van der Waals surface area contributed by atoms with Crippen LogP contribution in [0.3, 0.4) is 0 Å². The predicted molar refractivity (Wildman–Crippen MR) is 341 cm³/mol. The van der Waals surface area contributed by atoms with E-state index in [1.807, 2.05) is 84.9 Å². The average Bonchev–Trinajstić information content (AvgIpc) is 2.14. The average molecular weight is 1240 g/mol. The first-order valence-corrected chi connectivity index (χ1v) is 34.8. The van der Waals surface area contributed by atoms with Crippen molar-refractivity contribution in [2.45, 2.75) is 218 Å². The molecule has 2 saturated heterocycles. The summed E-state index contributed by atoms with van der Waals surface area (Å²) < 4.78 is 50.7. The van der Waals surface area contributed by atoms with E-state index < -0.39 is 5.97 Å². The third-order valence-corrected chi connectivity index (χ3v) is 18.9. The molecule has 3 unspecified atom stereocenters. The van der Waals surface area contributed by atoms with Crippen LogP contribution in [0.4, 0.5) is 0 Å². The Morgan fingerprint density at radius 3 is 1.51 bits per heavy atom. The summed E-state index contributed by atoms with van der Waals surface area (Å²) in [4.78, 5) is 23.3. The molecule has 4 aromatic rings. The molecule has 2 heterocycles. The Kier molecular flexibility index (Phi) is 31.5. The van der Waals surface area contributed by atoms with Crippen molar-refractivity contribution >= 4 is 37.9 Å². The number of unbranched alkanes of at least 4 members (excludes halogenated alkanes) is 4. The number of esters is 1. The topological polar surface area (TPSA) is 197 Å². The SMILES string of the molecule is CCCCC[C@@H](CC[C@@H]1[C@H]2Cc3cccc(OCC(=O)O)c3C[C@H]2C[C@H]1O)OC1CCCCO1.CCCCC[C@@H](CC[C@@H]1[C@H]2Cc3cccc(OCC(=O)OCc4ccccc4)c3C[C@H]2C[C@H]1O)OC1CCCCO1.O=BPCl.OCc1ccccc1. The number of carboxylic acids is 1. The zero-order valence-electron chi connectivity index (χ0n) is 51.7. The molecule has 4 N–H and O–H groups in total. The Morgan fingerprint density at radius 1 is 0.621 bits per heavy atom. The summed E-state index contributed by atoms with van der Waals surface area (Å²) in [5, 5.41) is 39.7. The van der Waals surface area contributed by atoms with E-state index >= 15 is 0 Å². The molecule has 0 spiro atoms. The van der Waals surface area contributed by atoms with Gasteiger partial charge in [-0.05, 0) is 197 Å². The van der Waals surface area contributed by atoms with Crippen LogP contribution in [-0.2, 0) is 76.9 Å². The minimum absolute atomic E-state index is 0.0626. The number of carboxylic acid groups (broad SMARTS) is 1. The number of aliphatic hydroxyl groups is 3. The molecule has 17 heteroatoms. The number of aliphatic hydroxyl groups excluding tert-OH is 3. The molecule has 478 valence electrons. The van der Waals surface area contributed by atoms with Gasteiger partial charge in [0.25, 0.3) is 0 Å². The van der Waals surface area contributed by atoms with Crippen LogP contribution in [-0.4, -0.2) is 103 Å². The number of carbonyl (C=O) groups excluding carboxylic acids is 1. The standard InChI is InChI=1S/C35H48O6.C28H42O6.C7H8O.BClHOP/c1-2-3-5-14-28(41-35-16-8-9-19-38-35)17-18-29-30-20-26-13-10-15-33(31(26)21-27(30)22-32(29)36)39-24-34(37)40-23-25-11-6-4-7-12-25;1-2-3-4-9-21(34-28-11-5-6-14-32-28)12-13-22-23-15-19-8-7-10-26(33-18-27(30)31)24(19)16-20(23)17-25(22)29;8-6-7-4-2-1-3-5-7;2-4-1-3/h4,6-7,10-13,15,27-30,32,35-36H,2-3,5,8-9,14,16-24H2,1H3;7-8,10,20-23,25,28-29H,2-6,9,11-18H2,1H3,(H,30,31);1-5,8H,6H2;4H/t27-,28-,29+,30-,32+,35?;20-,21-,22+,23-,25+,28?;;/m00../s1. The molecule has 0 amide bonds. The van der Waals surface area contributed by atoms with Gasteiger partial charge in [-0.3, -0.25) is 0 Å². The van der Waals surface area contributed by atoms with E-state index in [1.165, 1.54) is 68.1 Å². The summed E-state index contributed by atoms with van der Waals surface area (Å²) in [5.41, 5.74) is 6.77. The zero-order valence-corrected chi connectivity index (χ0v) is 53.5. The van der Waals surface area contributed by atoms with Gasteiger partial charge in [-0.15, -0.1) is 0 Å². The van der Waals surface area contributed by atoms with E-state index in [0.717, 1.165) is 138 Å². The third kappa shape index (κ3) is 23.2. The van der Waals surface area contributed by atoms with Gasteiger partial charge < -0.3 is 53.6 Å². The van der Waals surface area contributed by atoms with Gasteiger partial charge in [0.2, 0.25) is 0 Å². The maximum Gasteiger partial charge on any atom is 0.0681 e. The van der Waals surface area contributed by atoms with Crippen LogP contribution in [0, 0.1) is 35.5 Å². The number of carbonyl (C=O) groups is 2. The van der Waals surface area contributed by atoms with E-state index in [4.69, 9.17) is 59.3 Å². The Bertz CT molecular complexity index is 2590. The van der Waals surface area contributed by atoms with Gasteiger partial charge in [-0.2, -0.15) is 0 Å². The van der Waals surface area contributed by atoms with Crippen LogP contribution in [0.2, 0.25) is 0 Å². The van der Waals surface area contributed by atoms with E-state index in [-0.39, 0.29) is 89.0 Å². The molecule has 2 saturated carbocycles. The second-order valence-electron chi connectivity index (χ2n) is 24.6. The van der Waals surface area contributed by atoms with Crippen molar-refractivity contribution in [3.8, 4) is 11.5 Å². The molecular weight excluding hydrogens is 1140 g/mol. The van der Waals surface area contributed by atoms with Gasteiger partial charge in [-0.1, -0.05) is 137 Å². The smallest absolute Gasteiger partial charge is 0.0681 e. The molecule has 4 aliphatic carbocycles. The van der Waals surface area contributed by atoms with Gasteiger partial charge in [0.15, 0.2) is 25.8 Å².